The van der Waals surface area contributed by atoms with Crippen LogP contribution in [0.1, 0.15) is 31.4 Å². The van der Waals surface area contributed by atoms with Crippen LogP contribution < -0.4 is 0 Å². The first-order valence-corrected chi connectivity index (χ1v) is 7.09. The van der Waals surface area contributed by atoms with Gasteiger partial charge in [0.25, 0.3) is 0 Å². The average Bonchev–Trinajstić information content (AvgIpc) is 2.57. The second-order valence-corrected chi connectivity index (χ2v) is 5.52. The molecule has 18 heavy (non-hydrogen) atoms. The van der Waals surface area contributed by atoms with E-state index in [0.717, 1.165) is 28.3 Å². The van der Waals surface area contributed by atoms with E-state index in [4.69, 9.17) is 16.0 Å². The number of hydrogen-bond donors (Lipinski definition) is 0. The Morgan fingerprint density at radius 2 is 1.83 bits per heavy atom. The Labute approximate surface area is 113 Å². The molecule has 0 saturated carbocycles. The summed E-state index contributed by atoms with van der Waals surface area (Å²) in [7, 11) is 0. The molecule has 1 fully saturated rings. The Kier molecular flexibility index (Phi) is 3.57. The van der Waals surface area contributed by atoms with Crippen LogP contribution in [0.5, 0.6) is 0 Å². The molecule has 2 aromatic rings. The molecule has 1 aromatic carbocycles. The van der Waals surface area contributed by atoms with Crippen molar-refractivity contribution in [2.24, 2.45) is 0 Å². The van der Waals surface area contributed by atoms with Gasteiger partial charge in [-0.3, -0.25) is 4.90 Å². The highest BCUT2D eigenvalue weighted by Crippen LogP contribution is 2.24. The van der Waals surface area contributed by atoms with Crippen LogP contribution in [0.4, 0.5) is 0 Å². The highest BCUT2D eigenvalue weighted by molar-refractivity contribution is 6.31. The summed E-state index contributed by atoms with van der Waals surface area (Å²) in [4.78, 5) is 2.49. The third-order valence-electron chi connectivity index (χ3n) is 3.61. The van der Waals surface area contributed by atoms with Gasteiger partial charge in [-0.1, -0.05) is 24.4 Å². The van der Waals surface area contributed by atoms with Crippen LogP contribution in [-0.4, -0.2) is 18.0 Å². The Morgan fingerprint density at radius 3 is 2.61 bits per heavy atom. The Balaban J connectivity index is 1.77. The summed E-state index contributed by atoms with van der Waals surface area (Å²) >= 11 is 5.99. The van der Waals surface area contributed by atoms with E-state index in [1.807, 2.05) is 18.2 Å². The van der Waals surface area contributed by atoms with Gasteiger partial charge in [0.2, 0.25) is 0 Å². The van der Waals surface area contributed by atoms with Crippen molar-refractivity contribution in [2.45, 2.75) is 32.2 Å². The molecule has 1 saturated heterocycles. The summed E-state index contributed by atoms with van der Waals surface area (Å²) in [6.45, 7) is 3.31. The van der Waals surface area contributed by atoms with Gasteiger partial charge in [-0.15, -0.1) is 0 Å². The van der Waals surface area contributed by atoms with E-state index in [1.54, 1.807) is 0 Å². The van der Waals surface area contributed by atoms with Gasteiger partial charge in [0.15, 0.2) is 0 Å². The second-order valence-electron chi connectivity index (χ2n) is 5.09. The first-order valence-electron chi connectivity index (χ1n) is 6.71. The maximum Gasteiger partial charge on any atom is 0.134 e. The highest BCUT2D eigenvalue weighted by Gasteiger charge is 2.12. The Morgan fingerprint density at radius 1 is 1.06 bits per heavy atom. The molecule has 2 nitrogen and oxygen atoms in total. The van der Waals surface area contributed by atoms with Crippen LogP contribution in [0.2, 0.25) is 5.02 Å². The molecular formula is C15H18ClNO. The number of rotatable bonds is 2. The summed E-state index contributed by atoms with van der Waals surface area (Å²) in [6.07, 6.45) is 5.36. The van der Waals surface area contributed by atoms with E-state index >= 15 is 0 Å². The van der Waals surface area contributed by atoms with Gasteiger partial charge in [-0.05, 0) is 50.2 Å². The zero-order valence-electron chi connectivity index (χ0n) is 10.5. The lowest BCUT2D eigenvalue weighted by Gasteiger charge is -2.17. The second kappa shape index (κ2) is 5.33. The molecule has 0 bridgehead atoms. The topological polar surface area (TPSA) is 16.4 Å². The molecule has 3 rings (SSSR count). The highest BCUT2D eigenvalue weighted by atomic mass is 35.5. The van der Waals surface area contributed by atoms with E-state index in [0.29, 0.717) is 0 Å². The zero-order valence-corrected chi connectivity index (χ0v) is 11.2. The maximum absolute atomic E-state index is 5.99. The predicted molar refractivity (Wildman–Crippen MR) is 75.0 cm³/mol. The van der Waals surface area contributed by atoms with E-state index in [1.165, 1.54) is 38.8 Å². The summed E-state index contributed by atoms with van der Waals surface area (Å²) in [6, 6.07) is 7.91. The first-order chi connectivity index (χ1) is 8.81. The maximum atomic E-state index is 5.99. The van der Waals surface area contributed by atoms with Gasteiger partial charge in [-0.2, -0.15) is 0 Å². The first kappa shape index (κ1) is 12.1. The number of likely N-dealkylation sites (tertiary alicyclic amines) is 1. The third-order valence-corrected chi connectivity index (χ3v) is 3.84. The zero-order chi connectivity index (χ0) is 12.4. The van der Waals surface area contributed by atoms with E-state index in [9.17, 15) is 0 Å². The fourth-order valence-electron chi connectivity index (χ4n) is 2.66. The molecule has 0 spiro atoms. The largest absolute Gasteiger partial charge is 0.460 e. The van der Waals surface area contributed by atoms with Crippen molar-refractivity contribution in [3.8, 4) is 0 Å². The summed E-state index contributed by atoms with van der Waals surface area (Å²) in [5.41, 5.74) is 0.934. The number of hydrogen-bond acceptors (Lipinski definition) is 2. The Bertz CT molecular complexity index is 526. The smallest absolute Gasteiger partial charge is 0.134 e. The van der Waals surface area contributed by atoms with Crippen LogP contribution in [0.15, 0.2) is 28.7 Å². The van der Waals surface area contributed by atoms with Crippen molar-refractivity contribution < 1.29 is 4.42 Å². The molecule has 96 valence electrons. The van der Waals surface area contributed by atoms with Crippen LogP contribution >= 0.6 is 11.6 Å². The van der Waals surface area contributed by atoms with Gasteiger partial charge in [-0.25, -0.2) is 0 Å². The van der Waals surface area contributed by atoms with Gasteiger partial charge in [0.05, 0.1) is 6.54 Å². The molecule has 0 N–H and O–H groups in total. The monoisotopic (exact) mass is 263 g/mol. The fourth-order valence-corrected chi connectivity index (χ4v) is 2.84. The number of halogens is 1. The van der Waals surface area contributed by atoms with Crippen LogP contribution in [0.25, 0.3) is 11.0 Å². The number of furan rings is 1. The molecule has 0 radical (unpaired) electrons. The quantitative estimate of drug-likeness (QED) is 0.795. The lowest BCUT2D eigenvalue weighted by molar-refractivity contribution is 0.256. The summed E-state index contributed by atoms with van der Waals surface area (Å²) in [5, 5.41) is 1.87. The van der Waals surface area contributed by atoms with Crippen LogP contribution in [-0.2, 0) is 6.54 Å². The fraction of sp³-hybridized carbons (Fsp3) is 0.467. The minimum absolute atomic E-state index is 0.768. The SMILES string of the molecule is Clc1ccc2oc(CN3CCCCCC3)cc2c1. The molecule has 1 aliphatic rings. The van der Waals surface area contributed by atoms with Gasteiger partial charge in [0.1, 0.15) is 11.3 Å². The number of nitrogens with zero attached hydrogens (tertiary/aromatic N) is 1. The average molecular weight is 264 g/mol. The molecule has 1 aromatic heterocycles. The third kappa shape index (κ3) is 2.70. The van der Waals surface area contributed by atoms with Crippen molar-refractivity contribution >= 4 is 22.6 Å². The summed E-state index contributed by atoms with van der Waals surface area (Å²) in [5.74, 6) is 1.05. The number of fused-ring (bicyclic) bond motifs is 1. The normalized spacial score (nSPS) is 18.1. The van der Waals surface area contributed by atoms with Crippen molar-refractivity contribution in [3.63, 3.8) is 0 Å². The van der Waals surface area contributed by atoms with Crippen molar-refractivity contribution in [1.82, 2.24) is 4.90 Å². The van der Waals surface area contributed by atoms with E-state index < -0.39 is 0 Å². The standard InChI is InChI=1S/C15H18ClNO/c16-13-5-6-15-12(9-13)10-14(18-15)11-17-7-3-1-2-4-8-17/h5-6,9-10H,1-4,7-8,11H2. The van der Waals surface area contributed by atoms with Gasteiger partial charge in [0, 0.05) is 10.4 Å². The molecule has 0 aliphatic carbocycles. The molecular weight excluding hydrogens is 246 g/mol. The van der Waals surface area contributed by atoms with E-state index in [2.05, 4.69) is 11.0 Å². The number of benzene rings is 1. The van der Waals surface area contributed by atoms with Gasteiger partial charge < -0.3 is 4.42 Å². The van der Waals surface area contributed by atoms with Crippen molar-refractivity contribution in [2.75, 3.05) is 13.1 Å². The van der Waals surface area contributed by atoms with Crippen molar-refractivity contribution in [1.29, 1.82) is 0 Å². The lowest BCUT2D eigenvalue weighted by atomic mass is 10.2. The summed E-state index contributed by atoms with van der Waals surface area (Å²) < 4.78 is 5.87. The van der Waals surface area contributed by atoms with Gasteiger partial charge >= 0.3 is 0 Å². The molecule has 0 atom stereocenters. The van der Waals surface area contributed by atoms with Crippen LogP contribution in [0.3, 0.4) is 0 Å². The molecule has 0 amide bonds. The predicted octanol–water partition coefficient (Wildman–Crippen LogP) is 4.46. The minimum atomic E-state index is 0.768. The molecule has 0 unspecified atom stereocenters. The molecule has 2 heterocycles. The molecule has 3 heteroatoms. The Hall–Kier alpha value is -0.990. The lowest BCUT2D eigenvalue weighted by Crippen LogP contribution is -2.23. The van der Waals surface area contributed by atoms with Crippen molar-refractivity contribution in [3.05, 3.63) is 35.0 Å². The van der Waals surface area contributed by atoms with E-state index in [-0.39, 0.29) is 0 Å². The van der Waals surface area contributed by atoms with Crippen LogP contribution in [0, 0.1) is 0 Å². The minimum Gasteiger partial charge on any atom is -0.460 e. The molecule has 1 aliphatic heterocycles.